The third-order valence-electron chi connectivity index (χ3n) is 3.25. The Bertz CT molecular complexity index is 600. The van der Waals surface area contributed by atoms with Crippen LogP contribution in [0.4, 0.5) is 13.2 Å². The number of halogens is 3. The van der Waals surface area contributed by atoms with Crippen LogP contribution in [0, 0.1) is 0 Å². The Morgan fingerprint density at radius 1 is 1.17 bits per heavy atom. The number of carbonyl (C=O) groups is 2. The summed E-state index contributed by atoms with van der Waals surface area (Å²) in [6.45, 7) is -0.979. The van der Waals surface area contributed by atoms with E-state index in [1.54, 1.807) is 5.32 Å². The first-order chi connectivity index (χ1) is 10.8. The molecule has 0 spiro atoms. The normalized spacial score (nSPS) is 14.6. The first kappa shape index (κ1) is 17.0. The Labute approximate surface area is 131 Å². The van der Waals surface area contributed by atoms with Crippen LogP contribution in [-0.2, 0) is 9.59 Å². The van der Waals surface area contributed by atoms with Crippen LogP contribution in [0.5, 0.6) is 0 Å². The van der Waals surface area contributed by atoms with Gasteiger partial charge in [-0.1, -0.05) is 30.3 Å². The second-order valence-electron chi connectivity index (χ2n) is 5.07. The molecular weight excluding hydrogens is 311 g/mol. The molecule has 1 aliphatic heterocycles. The summed E-state index contributed by atoms with van der Waals surface area (Å²) in [6.07, 6.45) is -4.31. The SMILES string of the molecule is O=C(CCC(=O)N1CCC(c2ccccc2)=N1)NCC(F)(F)F. The lowest BCUT2D eigenvalue weighted by Crippen LogP contribution is -2.34. The molecule has 0 unspecified atom stereocenters. The Morgan fingerprint density at radius 2 is 1.87 bits per heavy atom. The molecule has 5 nitrogen and oxygen atoms in total. The minimum Gasteiger partial charge on any atom is -0.347 e. The van der Waals surface area contributed by atoms with E-state index in [9.17, 15) is 22.8 Å². The maximum Gasteiger partial charge on any atom is 0.405 e. The predicted molar refractivity (Wildman–Crippen MR) is 77.6 cm³/mol. The van der Waals surface area contributed by atoms with Crippen LogP contribution in [0.1, 0.15) is 24.8 Å². The summed E-state index contributed by atoms with van der Waals surface area (Å²) in [7, 11) is 0. The molecule has 2 amide bonds. The summed E-state index contributed by atoms with van der Waals surface area (Å²) in [5.74, 6) is -1.18. The van der Waals surface area contributed by atoms with E-state index in [-0.39, 0.29) is 18.7 Å². The molecule has 8 heteroatoms. The van der Waals surface area contributed by atoms with Crippen LogP contribution in [0.15, 0.2) is 35.4 Å². The third-order valence-corrected chi connectivity index (χ3v) is 3.25. The second kappa shape index (κ2) is 7.26. The van der Waals surface area contributed by atoms with Crippen molar-refractivity contribution in [2.45, 2.75) is 25.4 Å². The highest BCUT2D eigenvalue weighted by molar-refractivity contribution is 6.02. The van der Waals surface area contributed by atoms with E-state index < -0.39 is 18.6 Å². The summed E-state index contributed by atoms with van der Waals surface area (Å²) in [6, 6.07) is 9.39. The van der Waals surface area contributed by atoms with Gasteiger partial charge in [-0.25, -0.2) is 5.01 Å². The molecule has 1 N–H and O–H groups in total. The number of nitrogens with zero attached hydrogens (tertiary/aromatic N) is 2. The van der Waals surface area contributed by atoms with Crippen molar-refractivity contribution in [1.82, 2.24) is 10.3 Å². The van der Waals surface area contributed by atoms with Gasteiger partial charge in [-0.05, 0) is 5.56 Å². The van der Waals surface area contributed by atoms with Gasteiger partial charge in [0, 0.05) is 19.3 Å². The van der Waals surface area contributed by atoms with Crippen molar-refractivity contribution in [3.05, 3.63) is 35.9 Å². The minimum atomic E-state index is -4.45. The van der Waals surface area contributed by atoms with Crippen molar-refractivity contribution in [2.24, 2.45) is 5.10 Å². The Hall–Kier alpha value is -2.38. The molecule has 0 bridgehead atoms. The number of amides is 2. The fraction of sp³-hybridized carbons (Fsp3) is 0.400. The predicted octanol–water partition coefficient (Wildman–Crippen LogP) is 2.08. The first-order valence-corrected chi connectivity index (χ1v) is 7.12. The zero-order chi connectivity index (χ0) is 16.9. The molecule has 1 heterocycles. The molecule has 1 aromatic rings. The molecule has 0 aromatic heterocycles. The van der Waals surface area contributed by atoms with E-state index in [1.165, 1.54) is 5.01 Å². The molecular formula is C15H16F3N3O2. The standard InChI is InChI=1S/C15H16F3N3O2/c16-15(17,18)10-19-13(22)6-7-14(23)21-9-8-12(20-21)11-4-2-1-3-5-11/h1-5H,6-10H2,(H,19,22). The molecule has 2 rings (SSSR count). The van der Waals surface area contributed by atoms with Crippen LogP contribution < -0.4 is 5.32 Å². The van der Waals surface area contributed by atoms with E-state index in [0.29, 0.717) is 13.0 Å². The van der Waals surface area contributed by atoms with E-state index in [0.717, 1.165) is 11.3 Å². The van der Waals surface area contributed by atoms with Gasteiger partial charge >= 0.3 is 6.18 Å². The smallest absolute Gasteiger partial charge is 0.347 e. The average molecular weight is 327 g/mol. The lowest BCUT2D eigenvalue weighted by molar-refractivity contribution is -0.139. The summed E-state index contributed by atoms with van der Waals surface area (Å²) in [5.41, 5.74) is 1.70. The molecule has 0 radical (unpaired) electrons. The molecule has 0 atom stereocenters. The number of rotatable bonds is 5. The molecule has 0 saturated heterocycles. The van der Waals surface area contributed by atoms with Crippen LogP contribution in [0.3, 0.4) is 0 Å². The number of alkyl halides is 3. The van der Waals surface area contributed by atoms with Crippen LogP contribution >= 0.6 is 0 Å². The number of nitrogens with one attached hydrogen (secondary N) is 1. The van der Waals surface area contributed by atoms with E-state index in [1.807, 2.05) is 30.3 Å². The van der Waals surface area contributed by atoms with Crippen molar-refractivity contribution in [3.8, 4) is 0 Å². The maximum atomic E-state index is 12.0. The molecule has 0 fully saturated rings. The zero-order valence-electron chi connectivity index (χ0n) is 12.3. The van der Waals surface area contributed by atoms with Gasteiger partial charge < -0.3 is 5.32 Å². The van der Waals surface area contributed by atoms with E-state index in [4.69, 9.17) is 0 Å². The highest BCUT2D eigenvalue weighted by atomic mass is 19.4. The summed E-state index contributed by atoms with van der Waals surface area (Å²) >= 11 is 0. The van der Waals surface area contributed by atoms with Crippen molar-refractivity contribution < 1.29 is 22.8 Å². The summed E-state index contributed by atoms with van der Waals surface area (Å²) in [4.78, 5) is 23.2. The average Bonchev–Trinajstić information content (AvgIpc) is 3.01. The van der Waals surface area contributed by atoms with Crippen molar-refractivity contribution in [2.75, 3.05) is 13.1 Å². The highest BCUT2D eigenvalue weighted by Gasteiger charge is 2.28. The fourth-order valence-corrected chi connectivity index (χ4v) is 2.11. The maximum absolute atomic E-state index is 12.0. The van der Waals surface area contributed by atoms with Gasteiger partial charge in [0.1, 0.15) is 6.54 Å². The Balaban J connectivity index is 1.81. The van der Waals surface area contributed by atoms with Crippen molar-refractivity contribution in [3.63, 3.8) is 0 Å². The van der Waals surface area contributed by atoms with E-state index >= 15 is 0 Å². The van der Waals surface area contributed by atoms with Crippen LogP contribution in [0.25, 0.3) is 0 Å². The molecule has 23 heavy (non-hydrogen) atoms. The number of hydrazone groups is 1. The van der Waals surface area contributed by atoms with Gasteiger partial charge in [-0.2, -0.15) is 18.3 Å². The molecule has 1 aliphatic rings. The van der Waals surface area contributed by atoms with Gasteiger partial charge in [0.25, 0.3) is 0 Å². The highest BCUT2D eigenvalue weighted by Crippen LogP contribution is 2.15. The number of carbonyl (C=O) groups excluding carboxylic acids is 2. The Kier molecular flexibility index (Phi) is 5.36. The van der Waals surface area contributed by atoms with Crippen molar-refractivity contribution >= 4 is 17.5 Å². The van der Waals surface area contributed by atoms with Crippen LogP contribution in [0.2, 0.25) is 0 Å². The van der Waals surface area contributed by atoms with Crippen LogP contribution in [-0.4, -0.2) is 41.8 Å². The first-order valence-electron chi connectivity index (χ1n) is 7.12. The Morgan fingerprint density at radius 3 is 2.52 bits per heavy atom. The quantitative estimate of drug-likeness (QED) is 0.900. The molecule has 0 aliphatic carbocycles. The van der Waals surface area contributed by atoms with Gasteiger partial charge in [-0.15, -0.1) is 0 Å². The van der Waals surface area contributed by atoms with Crippen molar-refractivity contribution in [1.29, 1.82) is 0 Å². The molecule has 124 valence electrons. The zero-order valence-corrected chi connectivity index (χ0v) is 12.3. The summed E-state index contributed by atoms with van der Waals surface area (Å²) in [5, 5.41) is 7.21. The van der Waals surface area contributed by atoms with Gasteiger partial charge in [0.2, 0.25) is 11.8 Å². The molecule has 0 saturated carbocycles. The monoisotopic (exact) mass is 327 g/mol. The summed E-state index contributed by atoms with van der Waals surface area (Å²) < 4.78 is 35.9. The second-order valence-corrected chi connectivity index (χ2v) is 5.07. The number of benzene rings is 1. The fourth-order valence-electron chi connectivity index (χ4n) is 2.11. The van der Waals surface area contributed by atoms with Gasteiger partial charge in [0.15, 0.2) is 0 Å². The largest absolute Gasteiger partial charge is 0.405 e. The lowest BCUT2D eigenvalue weighted by Gasteiger charge is -2.11. The topological polar surface area (TPSA) is 61.8 Å². The van der Waals surface area contributed by atoms with Gasteiger partial charge in [-0.3, -0.25) is 9.59 Å². The van der Waals surface area contributed by atoms with Gasteiger partial charge in [0.05, 0.1) is 12.3 Å². The third kappa shape index (κ3) is 5.39. The number of hydrogen-bond donors (Lipinski definition) is 1. The lowest BCUT2D eigenvalue weighted by atomic mass is 10.1. The number of hydrogen-bond acceptors (Lipinski definition) is 3. The van der Waals surface area contributed by atoms with E-state index in [2.05, 4.69) is 5.10 Å². The molecule has 1 aromatic carbocycles. The minimum absolute atomic E-state index is 0.171.